The van der Waals surface area contributed by atoms with Crippen molar-refractivity contribution in [3.63, 3.8) is 0 Å². The molecule has 1 aliphatic rings. The van der Waals surface area contributed by atoms with E-state index in [0.717, 1.165) is 18.2 Å². The van der Waals surface area contributed by atoms with Crippen LogP contribution in [-0.2, 0) is 4.74 Å². The van der Waals surface area contributed by atoms with Gasteiger partial charge < -0.3 is 19.8 Å². The van der Waals surface area contributed by atoms with Crippen LogP contribution in [0.3, 0.4) is 0 Å². The van der Waals surface area contributed by atoms with Crippen molar-refractivity contribution in [3.8, 4) is 5.75 Å². The monoisotopic (exact) mass is 296 g/mol. The second kappa shape index (κ2) is 6.06. The number of ether oxygens (including phenoxy) is 1. The summed E-state index contributed by atoms with van der Waals surface area (Å²) < 4.78 is 5.43. The van der Waals surface area contributed by atoms with Crippen molar-refractivity contribution in [3.05, 3.63) is 33.9 Å². The second-order valence-electron chi connectivity index (χ2n) is 4.92. The van der Waals surface area contributed by atoms with Gasteiger partial charge in [-0.3, -0.25) is 14.9 Å². The van der Waals surface area contributed by atoms with Crippen LogP contribution in [-0.4, -0.2) is 57.8 Å². The minimum atomic E-state index is -0.667. The highest BCUT2D eigenvalue weighted by atomic mass is 16.6. The molecule has 1 fully saturated rings. The molecule has 2 N–H and O–H groups in total. The molecule has 0 aromatic heterocycles. The number of hydrogen-bond donors (Lipinski definition) is 2. The van der Waals surface area contributed by atoms with Crippen LogP contribution < -0.4 is 0 Å². The molecule has 2 rings (SSSR count). The number of nitro groups is 1. The number of amides is 1. The van der Waals surface area contributed by atoms with Crippen molar-refractivity contribution >= 4 is 11.6 Å². The predicted octanol–water partition coefficient (Wildman–Crippen LogP) is 0.522. The SMILES string of the molecule is CC1CN(C(=O)c2cc(O)ccc2[N+](=O)[O-])CC(CO)O1. The van der Waals surface area contributed by atoms with E-state index in [1.807, 2.05) is 0 Å². The summed E-state index contributed by atoms with van der Waals surface area (Å²) in [5.41, 5.74) is -0.539. The van der Waals surface area contributed by atoms with E-state index in [4.69, 9.17) is 9.84 Å². The molecule has 0 bridgehead atoms. The Morgan fingerprint density at radius 1 is 1.52 bits per heavy atom. The summed E-state index contributed by atoms with van der Waals surface area (Å²) in [5, 5.41) is 29.6. The first-order valence-electron chi connectivity index (χ1n) is 6.45. The molecule has 1 aliphatic heterocycles. The first-order valence-corrected chi connectivity index (χ1v) is 6.45. The van der Waals surface area contributed by atoms with Crippen LogP contribution in [0.1, 0.15) is 17.3 Å². The zero-order valence-electron chi connectivity index (χ0n) is 11.4. The number of aliphatic hydroxyl groups excluding tert-OH is 1. The Morgan fingerprint density at radius 2 is 2.24 bits per heavy atom. The average Bonchev–Trinajstić information content (AvgIpc) is 2.45. The second-order valence-corrected chi connectivity index (χ2v) is 4.92. The maximum absolute atomic E-state index is 12.5. The average molecular weight is 296 g/mol. The van der Waals surface area contributed by atoms with Crippen molar-refractivity contribution in [2.24, 2.45) is 0 Å². The highest BCUT2D eigenvalue weighted by molar-refractivity contribution is 5.98. The molecule has 2 unspecified atom stereocenters. The number of hydrogen-bond acceptors (Lipinski definition) is 6. The van der Waals surface area contributed by atoms with Crippen molar-refractivity contribution in [2.45, 2.75) is 19.1 Å². The first-order chi connectivity index (χ1) is 9.92. The van der Waals surface area contributed by atoms with Crippen molar-refractivity contribution in [1.82, 2.24) is 4.90 Å². The smallest absolute Gasteiger partial charge is 0.282 e. The zero-order valence-corrected chi connectivity index (χ0v) is 11.4. The lowest BCUT2D eigenvalue weighted by Gasteiger charge is -2.36. The molecule has 8 heteroatoms. The molecule has 0 aliphatic carbocycles. The number of nitrogens with zero attached hydrogens (tertiary/aromatic N) is 2. The Bertz CT molecular complexity index is 562. The minimum absolute atomic E-state index is 0.145. The van der Waals surface area contributed by atoms with Crippen molar-refractivity contribution in [2.75, 3.05) is 19.7 Å². The molecule has 1 amide bonds. The van der Waals surface area contributed by atoms with Crippen LogP contribution in [0.4, 0.5) is 5.69 Å². The molecule has 0 spiro atoms. The molecule has 0 radical (unpaired) electrons. The van der Waals surface area contributed by atoms with Gasteiger partial charge in [-0.1, -0.05) is 0 Å². The van der Waals surface area contributed by atoms with Crippen LogP contribution in [0.15, 0.2) is 18.2 Å². The summed E-state index contributed by atoms with van der Waals surface area (Å²) in [7, 11) is 0. The number of carbonyl (C=O) groups excluding carboxylic acids is 1. The fraction of sp³-hybridized carbons (Fsp3) is 0.462. The molecule has 2 atom stereocenters. The molecular formula is C13H16N2O6. The number of aliphatic hydroxyl groups is 1. The minimum Gasteiger partial charge on any atom is -0.508 e. The number of benzene rings is 1. The molecule has 1 aromatic carbocycles. The fourth-order valence-electron chi connectivity index (χ4n) is 2.34. The van der Waals surface area contributed by atoms with Gasteiger partial charge >= 0.3 is 0 Å². The highest BCUT2D eigenvalue weighted by Crippen LogP contribution is 2.26. The van der Waals surface area contributed by atoms with Crippen LogP contribution in [0.25, 0.3) is 0 Å². The first kappa shape index (κ1) is 15.2. The van der Waals surface area contributed by atoms with Crippen molar-refractivity contribution < 1.29 is 24.7 Å². The van der Waals surface area contributed by atoms with E-state index < -0.39 is 16.9 Å². The Kier molecular flexibility index (Phi) is 4.39. The van der Waals surface area contributed by atoms with Gasteiger partial charge in [-0.2, -0.15) is 0 Å². The lowest BCUT2D eigenvalue weighted by molar-refractivity contribution is -0.385. The summed E-state index contributed by atoms with van der Waals surface area (Å²) in [5.74, 6) is -0.782. The molecular weight excluding hydrogens is 280 g/mol. The van der Waals surface area contributed by atoms with Crippen LogP contribution in [0.2, 0.25) is 0 Å². The number of rotatable bonds is 3. The zero-order chi connectivity index (χ0) is 15.6. The topological polar surface area (TPSA) is 113 Å². The van der Waals surface area contributed by atoms with Gasteiger partial charge in [0, 0.05) is 19.2 Å². The van der Waals surface area contributed by atoms with Gasteiger partial charge in [0.25, 0.3) is 11.6 Å². The van der Waals surface area contributed by atoms with E-state index in [-0.39, 0.29) is 42.8 Å². The third kappa shape index (κ3) is 3.29. The van der Waals surface area contributed by atoms with Gasteiger partial charge in [0.05, 0.1) is 23.7 Å². The van der Waals surface area contributed by atoms with Gasteiger partial charge in [0.2, 0.25) is 0 Å². The number of phenolic OH excluding ortho intramolecular Hbond substituents is 1. The summed E-state index contributed by atoms with van der Waals surface area (Å²) >= 11 is 0. The Morgan fingerprint density at radius 3 is 2.86 bits per heavy atom. The number of nitro benzene ring substituents is 1. The molecule has 21 heavy (non-hydrogen) atoms. The van der Waals surface area contributed by atoms with Gasteiger partial charge in [0.15, 0.2) is 0 Å². The van der Waals surface area contributed by atoms with E-state index in [1.54, 1.807) is 6.92 Å². The van der Waals surface area contributed by atoms with Gasteiger partial charge in [-0.15, -0.1) is 0 Å². The number of phenols is 1. The quantitative estimate of drug-likeness (QED) is 0.621. The molecule has 0 saturated carbocycles. The van der Waals surface area contributed by atoms with Crippen LogP contribution in [0, 0.1) is 10.1 Å². The summed E-state index contributed by atoms with van der Waals surface area (Å²) in [6.45, 7) is 1.92. The Labute approximate surface area is 120 Å². The van der Waals surface area contributed by atoms with E-state index in [2.05, 4.69) is 0 Å². The van der Waals surface area contributed by atoms with Crippen LogP contribution in [0.5, 0.6) is 5.75 Å². The van der Waals surface area contributed by atoms with Gasteiger partial charge in [0.1, 0.15) is 11.3 Å². The van der Waals surface area contributed by atoms with Gasteiger partial charge in [-0.05, 0) is 19.1 Å². The van der Waals surface area contributed by atoms with E-state index >= 15 is 0 Å². The Balaban J connectivity index is 2.31. The lowest BCUT2D eigenvalue weighted by atomic mass is 10.1. The lowest BCUT2D eigenvalue weighted by Crippen LogP contribution is -2.50. The third-order valence-corrected chi connectivity index (χ3v) is 3.22. The Hall–Kier alpha value is -2.19. The summed E-state index contributed by atoms with van der Waals surface area (Å²) in [6, 6.07) is 3.33. The maximum atomic E-state index is 12.5. The molecule has 1 aromatic rings. The van der Waals surface area contributed by atoms with E-state index in [0.29, 0.717) is 0 Å². The number of aromatic hydroxyl groups is 1. The predicted molar refractivity (Wildman–Crippen MR) is 72.1 cm³/mol. The maximum Gasteiger partial charge on any atom is 0.282 e. The molecule has 114 valence electrons. The summed E-state index contributed by atoms with van der Waals surface area (Å²) in [6.07, 6.45) is -0.801. The van der Waals surface area contributed by atoms with Gasteiger partial charge in [-0.25, -0.2) is 0 Å². The molecule has 1 saturated heterocycles. The highest BCUT2D eigenvalue weighted by Gasteiger charge is 2.31. The fourth-order valence-corrected chi connectivity index (χ4v) is 2.34. The van der Waals surface area contributed by atoms with E-state index in [9.17, 15) is 20.0 Å². The van der Waals surface area contributed by atoms with Crippen LogP contribution >= 0.6 is 0 Å². The largest absolute Gasteiger partial charge is 0.508 e. The molecule has 1 heterocycles. The normalized spacial score (nSPS) is 22.1. The van der Waals surface area contributed by atoms with E-state index in [1.165, 1.54) is 4.90 Å². The number of carbonyl (C=O) groups is 1. The summed E-state index contributed by atoms with van der Waals surface area (Å²) in [4.78, 5) is 24.2. The number of morpholine rings is 1. The molecule has 8 nitrogen and oxygen atoms in total. The standard InChI is InChI=1S/C13H16N2O6/c1-8-5-14(6-10(7-16)21-8)13(18)11-4-9(17)2-3-12(11)15(19)20/h2-4,8,10,16-17H,5-7H2,1H3. The van der Waals surface area contributed by atoms with Crippen molar-refractivity contribution in [1.29, 1.82) is 0 Å². The third-order valence-electron chi connectivity index (χ3n) is 3.22.